The van der Waals surface area contributed by atoms with Crippen molar-refractivity contribution < 1.29 is 4.52 Å². The molecule has 3 heteroatoms. The molecule has 1 rings (SSSR count). The van der Waals surface area contributed by atoms with E-state index < -0.39 is 0 Å². The normalized spacial score (nSPS) is 9.20. The number of aryl methyl sites for hydroxylation is 1. The lowest BCUT2D eigenvalue weighted by molar-refractivity contribution is 0.396. The Morgan fingerprint density at radius 1 is 1.80 bits per heavy atom. The Bertz CT molecular complexity index is 246. The number of nitrogens with zero attached hydrogens (tertiary/aromatic N) is 2. The van der Waals surface area contributed by atoms with E-state index in [0.29, 0.717) is 6.54 Å². The van der Waals surface area contributed by atoms with Crippen molar-refractivity contribution in [1.82, 2.24) is 5.16 Å². The molecule has 0 amide bonds. The summed E-state index contributed by atoms with van der Waals surface area (Å²) in [5.41, 5.74) is 1.04. The first kappa shape index (κ1) is 6.81. The molecule has 0 fully saturated rings. The van der Waals surface area contributed by atoms with Crippen LogP contribution >= 0.6 is 0 Å². The van der Waals surface area contributed by atoms with Crippen LogP contribution in [0.2, 0.25) is 0 Å². The van der Waals surface area contributed by atoms with Crippen molar-refractivity contribution in [2.24, 2.45) is 0 Å². The number of hydrogen-bond acceptors (Lipinski definition) is 2. The van der Waals surface area contributed by atoms with Crippen molar-refractivity contribution in [2.45, 2.75) is 13.3 Å². The van der Waals surface area contributed by atoms with Crippen molar-refractivity contribution in [2.75, 3.05) is 6.54 Å². The van der Waals surface area contributed by atoms with Gasteiger partial charge in [-0.15, -0.1) is 0 Å². The Kier molecular flexibility index (Phi) is 2.06. The van der Waals surface area contributed by atoms with Gasteiger partial charge in [0.1, 0.15) is 5.76 Å². The van der Waals surface area contributed by atoms with Crippen LogP contribution in [0.15, 0.2) is 10.7 Å². The molecule has 0 atom stereocenters. The highest BCUT2D eigenvalue weighted by molar-refractivity contribution is 5.12. The van der Waals surface area contributed by atoms with Gasteiger partial charge in [0.25, 0.3) is 0 Å². The van der Waals surface area contributed by atoms with E-state index in [1.165, 1.54) is 0 Å². The van der Waals surface area contributed by atoms with Crippen LogP contribution in [0.1, 0.15) is 11.3 Å². The van der Waals surface area contributed by atoms with Crippen molar-refractivity contribution in [3.63, 3.8) is 0 Å². The zero-order valence-electron chi connectivity index (χ0n) is 5.79. The second-order valence-electron chi connectivity index (χ2n) is 2.04. The molecule has 0 aromatic carbocycles. The van der Waals surface area contributed by atoms with Gasteiger partial charge in [0.15, 0.2) is 0 Å². The second-order valence-corrected chi connectivity index (χ2v) is 2.04. The summed E-state index contributed by atoms with van der Waals surface area (Å²) in [6, 6.07) is 0. The maximum Gasteiger partial charge on any atom is 0.218 e. The fraction of sp³-hybridized carbons (Fsp3) is 0.429. The van der Waals surface area contributed by atoms with Gasteiger partial charge in [0.05, 0.1) is 12.6 Å². The van der Waals surface area contributed by atoms with Crippen LogP contribution < -0.4 is 0 Å². The topological polar surface area (TPSA) is 30.4 Å². The van der Waals surface area contributed by atoms with Crippen molar-refractivity contribution in [3.8, 4) is 0 Å². The molecule has 1 aromatic rings. The van der Waals surface area contributed by atoms with Gasteiger partial charge in [-0.05, 0) is 6.92 Å². The summed E-state index contributed by atoms with van der Waals surface area (Å²) < 4.78 is 4.81. The molecule has 0 spiro atoms. The summed E-state index contributed by atoms with van der Waals surface area (Å²) in [5.74, 6) is 0.823. The molecule has 0 aliphatic carbocycles. The Hall–Kier alpha value is -1.30. The SMILES string of the molecule is [C-]#[N+]CCc1cnoc1C. The average Bonchev–Trinajstić information content (AvgIpc) is 2.31. The van der Waals surface area contributed by atoms with E-state index >= 15 is 0 Å². The fourth-order valence-electron chi connectivity index (χ4n) is 0.735. The summed E-state index contributed by atoms with van der Waals surface area (Å²) >= 11 is 0. The minimum atomic E-state index is 0.516. The van der Waals surface area contributed by atoms with Gasteiger partial charge in [0, 0.05) is 5.56 Å². The molecule has 1 aromatic heterocycles. The highest BCUT2D eigenvalue weighted by Gasteiger charge is 2.02. The zero-order valence-corrected chi connectivity index (χ0v) is 5.79. The van der Waals surface area contributed by atoms with E-state index in [0.717, 1.165) is 17.7 Å². The van der Waals surface area contributed by atoms with Crippen molar-refractivity contribution >= 4 is 0 Å². The van der Waals surface area contributed by atoms with Gasteiger partial charge in [-0.1, -0.05) is 5.16 Å². The molecule has 52 valence electrons. The first-order valence-corrected chi connectivity index (χ1v) is 3.08. The molecule has 0 saturated carbocycles. The van der Waals surface area contributed by atoms with E-state index in [2.05, 4.69) is 10.0 Å². The Balaban J connectivity index is 2.59. The molecule has 0 saturated heterocycles. The van der Waals surface area contributed by atoms with Gasteiger partial charge in [-0.25, -0.2) is 6.57 Å². The molecular formula is C7H8N2O. The van der Waals surface area contributed by atoms with Crippen LogP contribution in [0.4, 0.5) is 0 Å². The Morgan fingerprint density at radius 3 is 3.10 bits per heavy atom. The van der Waals surface area contributed by atoms with Crippen molar-refractivity contribution in [1.29, 1.82) is 0 Å². The molecule has 0 unspecified atom stereocenters. The molecule has 0 radical (unpaired) electrons. The lowest BCUT2D eigenvalue weighted by Crippen LogP contribution is -1.86. The third kappa shape index (κ3) is 1.35. The van der Waals surface area contributed by atoms with Crippen LogP contribution in [0, 0.1) is 13.5 Å². The van der Waals surface area contributed by atoms with Crippen LogP contribution in [-0.4, -0.2) is 11.7 Å². The van der Waals surface area contributed by atoms with E-state index in [-0.39, 0.29) is 0 Å². The lowest BCUT2D eigenvalue weighted by atomic mass is 10.2. The van der Waals surface area contributed by atoms with Crippen LogP contribution in [-0.2, 0) is 6.42 Å². The third-order valence-electron chi connectivity index (χ3n) is 1.34. The highest BCUT2D eigenvalue weighted by Crippen LogP contribution is 2.05. The smallest absolute Gasteiger partial charge is 0.218 e. The summed E-state index contributed by atoms with van der Waals surface area (Å²) in [4.78, 5) is 3.23. The second kappa shape index (κ2) is 3.02. The average molecular weight is 136 g/mol. The number of hydrogen-bond donors (Lipinski definition) is 0. The first-order valence-electron chi connectivity index (χ1n) is 3.08. The highest BCUT2D eigenvalue weighted by atomic mass is 16.5. The van der Waals surface area contributed by atoms with Gasteiger partial charge in [-0.3, -0.25) is 0 Å². The van der Waals surface area contributed by atoms with E-state index in [1.807, 2.05) is 6.92 Å². The largest absolute Gasteiger partial charge is 0.361 e. The number of rotatable bonds is 2. The predicted octanol–water partition coefficient (Wildman–Crippen LogP) is 1.44. The van der Waals surface area contributed by atoms with Crippen LogP contribution in [0.3, 0.4) is 0 Å². The Morgan fingerprint density at radius 2 is 2.60 bits per heavy atom. The molecule has 0 aliphatic rings. The molecule has 0 bridgehead atoms. The maximum absolute atomic E-state index is 6.55. The summed E-state index contributed by atoms with van der Waals surface area (Å²) in [5, 5.41) is 3.60. The van der Waals surface area contributed by atoms with Gasteiger partial charge < -0.3 is 9.37 Å². The third-order valence-corrected chi connectivity index (χ3v) is 1.34. The molecule has 10 heavy (non-hydrogen) atoms. The quantitative estimate of drug-likeness (QED) is 0.576. The molecule has 0 aliphatic heterocycles. The van der Waals surface area contributed by atoms with Crippen LogP contribution in [0.25, 0.3) is 4.85 Å². The molecule has 1 heterocycles. The molecular weight excluding hydrogens is 128 g/mol. The standard InChI is InChI=1S/C7H8N2O/c1-6-7(3-4-8-2)5-9-10-6/h5H,3-4H2,1H3. The Labute approximate surface area is 59.5 Å². The van der Waals surface area contributed by atoms with E-state index in [1.54, 1.807) is 6.20 Å². The van der Waals surface area contributed by atoms with E-state index in [4.69, 9.17) is 11.1 Å². The maximum atomic E-state index is 6.55. The van der Waals surface area contributed by atoms with E-state index in [9.17, 15) is 0 Å². The lowest BCUT2D eigenvalue weighted by Gasteiger charge is -1.85. The summed E-state index contributed by atoms with van der Waals surface area (Å²) in [6.45, 7) is 8.92. The monoisotopic (exact) mass is 136 g/mol. The van der Waals surface area contributed by atoms with Gasteiger partial charge in [-0.2, -0.15) is 0 Å². The van der Waals surface area contributed by atoms with Gasteiger partial charge >= 0.3 is 0 Å². The molecule has 3 nitrogen and oxygen atoms in total. The van der Waals surface area contributed by atoms with Gasteiger partial charge in [0.2, 0.25) is 6.54 Å². The predicted molar refractivity (Wildman–Crippen MR) is 36.4 cm³/mol. The summed E-state index contributed by atoms with van der Waals surface area (Å²) in [7, 11) is 0. The summed E-state index contributed by atoms with van der Waals surface area (Å²) in [6.07, 6.45) is 2.42. The number of aromatic nitrogens is 1. The minimum absolute atomic E-state index is 0.516. The molecule has 0 N–H and O–H groups in total. The minimum Gasteiger partial charge on any atom is -0.361 e. The van der Waals surface area contributed by atoms with Crippen LogP contribution in [0.5, 0.6) is 0 Å². The van der Waals surface area contributed by atoms with Crippen molar-refractivity contribution in [3.05, 3.63) is 28.9 Å². The first-order chi connectivity index (χ1) is 4.84. The zero-order chi connectivity index (χ0) is 7.40. The fourth-order valence-corrected chi connectivity index (χ4v) is 0.735.